The van der Waals surface area contributed by atoms with Crippen LogP contribution in [0.2, 0.25) is 0 Å². The van der Waals surface area contributed by atoms with Gasteiger partial charge in [0.25, 0.3) is 0 Å². The molecule has 0 spiro atoms. The summed E-state index contributed by atoms with van der Waals surface area (Å²) in [5.74, 6) is 2.19. The van der Waals surface area contributed by atoms with E-state index in [1.165, 1.54) is 19.3 Å². The largest absolute Gasteiger partial charge is 0.550 e. The molecule has 4 aliphatic carbocycles. The van der Waals surface area contributed by atoms with Crippen LogP contribution in [0.15, 0.2) is 0 Å². The Morgan fingerprint density at radius 3 is 2.54 bits per heavy atom. The minimum absolute atomic E-state index is 0.0795. The summed E-state index contributed by atoms with van der Waals surface area (Å²) in [6.07, 6.45) is 8.98. The summed E-state index contributed by atoms with van der Waals surface area (Å²) in [7, 11) is 0. The molecular weight excluding hydrogens is 352 g/mol. The van der Waals surface area contributed by atoms with Crippen LogP contribution in [0.4, 0.5) is 0 Å². The Morgan fingerprint density at radius 2 is 1.82 bits per heavy atom. The normalized spacial score (nSPS) is 51.7. The van der Waals surface area contributed by atoms with Gasteiger partial charge < -0.3 is 20.1 Å². The average Bonchev–Trinajstić information content (AvgIpc) is 3.00. The quantitative estimate of drug-likeness (QED) is 0.771. The van der Waals surface area contributed by atoms with Gasteiger partial charge >= 0.3 is 0 Å². The Bertz CT molecular complexity index is 605. The van der Waals surface area contributed by atoms with Gasteiger partial charge in [0.05, 0.1) is 12.2 Å². The number of carbonyl (C=O) groups excluding carboxylic acids is 1. The van der Waals surface area contributed by atoms with E-state index in [2.05, 4.69) is 20.8 Å². The van der Waals surface area contributed by atoms with Gasteiger partial charge in [0.1, 0.15) is 0 Å². The van der Waals surface area contributed by atoms with Gasteiger partial charge in [-0.25, -0.2) is 0 Å². The molecule has 10 atom stereocenters. The van der Waals surface area contributed by atoms with Gasteiger partial charge in [0.15, 0.2) is 0 Å². The van der Waals surface area contributed by atoms with Crippen LogP contribution in [0.1, 0.15) is 85.0 Å². The van der Waals surface area contributed by atoms with Gasteiger partial charge in [-0.05, 0) is 111 Å². The molecule has 0 aromatic rings. The minimum Gasteiger partial charge on any atom is -0.550 e. The van der Waals surface area contributed by atoms with Crippen molar-refractivity contribution in [1.29, 1.82) is 0 Å². The van der Waals surface area contributed by atoms with Crippen molar-refractivity contribution in [3.63, 3.8) is 0 Å². The molecule has 4 nitrogen and oxygen atoms in total. The van der Waals surface area contributed by atoms with E-state index in [-0.39, 0.29) is 29.5 Å². The van der Waals surface area contributed by atoms with Gasteiger partial charge in [-0.2, -0.15) is 0 Å². The number of carboxylic acid groups (broad SMARTS) is 1. The number of aliphatic carboxylic acids is 1. The van der Waals surface area contributed by atoms with E-state index >= 15 is 0 Å². The lowest BCUT2D eigenvalue weighted by Gasteiger charge is -2.62. The van der Waals surface area contributed by atoms with Crippen molar-refractivity contribution in [1.82, 2.24) is 0 Å². The molecule has 0 radical (unpaired) electrons. The van der Waals surface area contributed by atoms with Gasteiger partial charge in [0, 0.05) is 5.97 Å². The van der Waals surface area contributed by atoms with E-state index in [0.717, 1.165) is 32.1 Å². The molecule has 0 bridgehead atoms. The molecule has 160 valence electrons. The first-order valence-electron chi connectivity index (χ1n) is 11.7. The fourth-order valence-electron chi connectivity index (χ4n) is 8.71. The summed E-state index contributed by atoms with van der Waals surface area (Å²) in [6, 6.07) is 0. The van der Waals surface area contributed by atoms with E-state index in [4.69, 9.17) is 0 Å². The lowest BCUT2D eigenvalue weighted by molar-refractivity contribution is -0.306. The van der Waals surface area contributed by atoms with E-state index in [1.807, 2.05) is 0 Å². The topological polar surface area (TPSA) is 80.6 Å². The van der Waals surface area contributed by atoms with Gasteiger partial charge in [-0.15, -0.1) is 0 Å². The van der Waals surface area contributed by atoms with Crippen LogP contribution in [-0.2, 0) is 4.79 Å². The molecule has 0 amide bonds. The van der Waals surface area contributed by atoms with Crippen LogP contribution in [0.5, 0.6) is 0 Å². The van der Waals surface area contributed by atoms with Crippen molar-refractivity contribution >= 4 is 5.97 Å². The fraction of sp³-hybridized carbons (Fsp3) is 0.958. The molecule has 0 aromatic heterocycles. The zero-order valence-electron chi connectivity index (χ0n) is 17.9. The number of carbonyl (C=O) groups is 1. The van der Waals surface area contributed by atoms with Crippen LogP contribution in [0.3, 0.4) is 0 Å². The highest BCUT2D eigenvalue weighted by molar-refractivity contribution is 5.64. The zero-order valence-corrected chi connectivity index (χ0v) is 17.9. The van der Waals surface area contributed by atoms with Crippen LogP contribution in [-0.4, -0.2) is 28.4 Å². The number of rotatable bonds is 4. The van der Waals surface area contributed by atoms with Crippen molar-refractivity contribution in [2.45, 2.75) is 97.2 Å². The monoisotopic (exact) mass is 391 g/mol. The fourth-order valence-corrected chi connectivity index (χ4v) is 8.71. The summed E-state index contributed by atoms with van der Waals surface area (Å²) in [5, 5.41) is 32.6. The second-order valence-corrected chi connectivity index (χ2v) is 11.3. The van der Waals surface area contributed by atoms with Crippen LogP contribution < -0.4 is 5.11 Å². The maximum atomic E-state index is 11.5. The maximum absolute atomic E-state index is 11.5. The van der Waals surface area contributed by atoms with E-state index < -0.39 is 5.97 Å². The average molecular weight is 392 g/mol. The molecule has 4 aliphatic rings. The van der Waals surface area contributed by atoms with Crippen molar-refractivity contribution in [3.8, 4) is 0 Å². The number of hydrogen-bond donors (Lipinski definition) is 2. The van der Waals surface area contributed by atoms with Gasteiger partial charge in [0.2, 0.25) is 0 Å². The molecule has 2 N–H and O–H groups in total. The molecule has 0 heterocycles. The molecular formula is C24H39O4-. The van der Waals surface area contributed by atoms with E-state index in [1.54, 1.807) is 0 Å². The third kappa shape index (κ3) is 3.05. The van der Waals surface area contributed by atoms with Crippen molar-refractivity contribution in [3.05, 3.63) is 0 Å². The predicted molar refractivity (Wildman–Crippen MR) is 106 cm³/mol. The third-order valence-electron chi connectivity index (χ3n) is 10.3. The summed E-state index contributed by atoms with van der Waals surface area (Å²) in [5.41, 5.74) is 0.188. The highest BCUT2D eigenvalue weighted by Crippen LogP contribution is 2.68. The number of aliphatic hydroxyl groups is 2. The number of fused-ring (bicyclic) bond motifs is 5. The molecule has 4 saturated carbocycles. The molecule has 28 heavy (non-hydrogen) atoms. The Morgan fingerprint density at radius 1 is 1.07 bits per heavy atom. The van der Waals surface area contributed by atoms with Crippen molar-refractivity contribution < 1.29 is 20.1 Å². The Kier molecular flexibility index (Phi) is 5.36. The van der Waals surface area contributed by atoms with Crippen molar-refractivity contribution in [2.75, 3.05) is 0 Å². The second kappa shape index (κ2) is 7.27. The molecule has 4 heteroatoms. The third-order valence-corrected chi connectivity index (χ3v) is 10.3. The first-order chi connectivity index (χ1) is 13.2. The first kappa shape index (κ1) is 20.7. The number of aliphatic hydroxyl groups excluding tert-OH is 2. The Labute approximate surface area is 170 Å². The lowest BCUT2D eigenvalue weighted by atomic mass is 9.43. The summed E-state index contributed by atoms with van der Waals surface area (Å²) < 4.78 is 0. The van der Waals surface area contributed by atoms with Crippen LogP contribution >= 0.6 is 0 Å². The summed E-state index contributed by atoms with van der Waals surface area (Å²) in [6.45, 7) is 6.94. The lowest BCUT2D eigenvalue weighted by Crippen LogP contribution is -2.58. The smallest absolute Gasteiger partial charge is 0.0602 e. The minimum atomic E-state index is -0.957. The Hall–Kier alpha value is -0.610. The van der Waals surface area contributed by atoms with Crippen LogP contribution in [0, 0.1) is 46.3 Å². The summed E-state index contributed by atoms with van der Waals surface area (Å²) in [4.78, 5) is 10.9. The van der Waals surface area contributed by atoms with E-state index in [9.17, 15) is 20.1 Å². The number of hydrogen-bond acceptors (Lipinski definition) is 4. The standard InChI is InChI=1S/C24H40O4/c1-14(4-9-22(27)28)18-7-8-19-17-6-5-15-12-16(25)10-11-23(15,2)20(17)13-21(26)24(18,19)3/h14-21,25-26H,4-13H2,1-3H3,(H,27,28)/p-1/t14-,15+,16-,17-,18-,19+,20+,21+,23+,24-/m1/s1. The van der Waals surface area contributed by atoms with Gasteiger partial charge in [-0.3, -0.25) is 0 Å². The first-order valence-corrected chi connectivity index (χ1v) is 11.7. The van der Waals surface area contributed by atoms with E-state index in [0.29, 0.717) is 41.9 Å². The number of carboxylic acids is 1. The highest BCUT2D eigenvalue weighted by Gasteiger charge is 2.63. The molecule has 0 aromatic carbocycles. The van der Waals surface area contributed by atoms with Crippen LogP contribution in [0.25, 0.3) is 0 Å². The SMILES string of the molecule is C[C@H](CCC(=O)[O-])[C@H]1CC[C@H]2[C@H]3CC[C@H]4C[C@H](O)CC[C@]4(C)[C@H]3C[C@H](O)[C@]12C. The highest BCUT2D eigenvalue weighted by atomic mass is 16.4. The Balaban J connectivity index is 1.56. The zero-order chi connectivity index (χ0) is 20.3. The second-order valence-electron chi connectivity index (χ2n) is 11.3. The molecule has 0 unspecified atom stereocenters. The maximum Gasteiger partial charge on any atom is 0.0602 e. The predicted octanol–water partition coefficient (Wildman–Crippen LogP) is 3.14. The van der Waals surface area contributed by atoms with Crippen molar-refractivity contribution in [2.24, 2.45) is 46.3 Å². The molecule has 0 aliphatic heterocycles. The molecule has 4 fully saturated rings. The molecule has 4 rings (SSSR count). The van der Waals surface area contributed by atoms with Gasteiger partial charge in [-0.1, -0.05) is 20.8 Å². The summed E-state index contributed by atoms with van der Waals surface area (Å²) >= 11 is 0. The molecule has 0 saturated heterocycles.